The van der Waals surface area contributed by atoms with Crippen molar-refractivity contribution in [2.75, 3.05) is 6.61 Å². The molecular formula is C16H15ClO3. The minimum atomic E-state index is -0.500. The van der Waals surface area contributed by atoms with Gasteiger partial charge in [-0.05, 0) is 43.7 Å². The molecule has 0 saturated heterocycles. The highest BCUT2D eigenvalue weighted by Gasteiger charge is 2.15. The van der Waals surface area contributed by atoms with Crippen LogP contribution in [0.4, 0.5) is 0 Å². The number of hydrogen-bond acceptors (Lipinski definition) is 3. The van der Waals surface area contributed by atoms with Crippen molar-refractivity contribution in [2.45, 2.75) is 13.8 Å². The van der Waals surface area contributed by atoms with E-state index in [0.29, 0.717) is 28.7 Å². The number of carbonyl (C=O) groups excluding carboxylic acids is 1. The Hall–Kier alpha value is -2.00. The number of esters is 1. The number of carbonyl (C=O) groups is 1. The molecule has 0 heterocycles. The van der Waals surface area contributed by atoms with Gasteiger partial charge in [0.15, 0.2) is 11.5 Å². The topological polar surface area (TPSA) is 35.5 Å². The zero-order valence-electron chi connectivity index (χ0n) is 11.4. The molecule has 0 saturated carbocycles. The fraction of sp³-hybridized carbons (Fsp3) is 0.188. The van der Waals surface area contributed by atoms with Crippen LogP contribution in [0.1, 0.15) is 22.8 Å². The molecule has 0 spiro atoms. The van der Waals surface area contributed by atoms with Gasteiger partial charge >= 0.3 is 5.97 Å². The molecule has 0 aliphatic heterocycles. The van der Waals surface area contributed by atoms with Crippen molar-refractivity contribution >= 4 is 17.6 Å². The Bertz CT molecular complexity index is 623. The van der Waals surface area contributed by atoms with E-state index in [0.717, 1.165) is 5.56 Å². The molecule has 0 radical (unpaired) electrons. The number of hydrogen-bond donors (Lipinski definition) is 0. The number of halogens is 1. The van der Waals surface area contributed by atoms with E-state index >= 15 is 0 Å². The highest BCUT2D eigenvalue weighted by molar-refractivity contribution is 6.33. The van der Waals surface area contributed by atoms with E-state index in [9.17, 15) is 4.79 Å². The minimum absolute atomic E-state index is 0.331. The third-order valence-electron chi connectivity index (χ3n) is 2.70. The largest absolute Gasteiger partial charge is 0.490 e. The molecule has 2 aromatic carbocycles. The highest BCUT2D eigenvalue weighted by atomic mass is 35.5. The maximum atomic E-state index is 12.1. The predicted molar refractivity (Wildman–Crippen MR) is 78.8 cm³/mol. The molecule has 104 valence electrons. The van der Waals surface area contributed by atoms with Crippen LogP contribution < -0.4 is 9.47 Å². The molecule has 0 aliphatic carbocycles. The van der Waals surface area contributed by atoms with Gasteiger partial charge in [0.2, 0.25) is 0 Å². The molecule has 0 atom stereocenters. The molecule has 2 rings (SSSR count). The highest BCUT2D eigenvalue weighted by Crippen LogP contribution is 2.29. The summed E-state index contributed by atoms with van der Waals surface area (Å²) in [5, 5.41) is 0.363. The fourth-order valence-electron chi connectivity index (χ4n) is 1.75. The van der Waals surface area contributed by atoms with Gasteiger partial charge in [0, 0.05) is 0 Å². The number of aryl methyl sites for hydroxylation is 1. The first kappa shape index (κ1) is 14.4. The molecule has 0 bridgehead atoms. The number of ether oxygens (including phenoxy) is 2. The molecule has 0 N–H and O–H groups in total. The standard InChI is InChI=1S/C16H15ClO3/c1-3-19-15-10-11(2)8-9-14(15)20-16(18)12-6-4-5-7-13(12)17/h4-10H,3H2,1-2H3. The third-order valence-corrected chi connectivity index (χ3v) is 3.03. The van der Waals surface area contributed by atoms with Crippen molar-refractivity contribution in [3.63, 3.8) is 0 Å². The predicted octanol–water partition coefficient (Wildman–Crippen LogP) is 4.27. The molecule has 0 aliphatic rings. The third kappa shape index (κ3) is 3.31. The maximum Gasteiger partial charge on any atom is 0.345 e. The lowest BCUT2D eigenvalue weighted by atomic mass is 10.2. The molecule has 0 amide bonds. The monoisotopic (exact) mass is 290 g/mol. The molecule has 0 unspecified atom stereocenters. The Labute approximate surface area is 123 Å². The normalized spacial score (nSPS) is 10.2. The van der Waals surface area contributed by atoms with E-state index < -0.39 is 5.97 Å². The first-order chi connectivity index (χ1) is 9.61. The molecule has 0 fully saturated rings. The van der Waals surface area contributed by atoms with Crippen molar-refractivity contribution in [3.05, 3.63) is 58.6 Å². The van der Waals surface area contributed by atoms with E-state index in [-0.39, 0.29) is 0 Å². The zero-order valence-corrected chi connectivity index (χ0v) is 12.1. The lowest BCUT2D eigenvalue weighted by molar-refractivity contribution is 0.0728. The summed E-state index contributed by atoms with van der Waals surface area (Å²) in [7, 11) is 0. The van der Waals surface area contributed by atoms with Gasteiger partial charge in [-0.1, -0.05) is 29.8 Å². The van der Waals surface area contributed by atoms with Gasteiger partial charge in [0.25, 0.3) is 0 Å². The summed E-state index contributed by atoms with van der Waals surface area (Å²) < 4.78 is 10.8. The molecular weight excluding hydrogens is 276 g/mol. The first-order valence-corrected chi connectivity index (χ1v) is 6.69. The smallest absolute Gasteiger partial charge is 0.345 e. The number of benzene rings is 2. The van der Waals surface area contributed by atoms with Gasteiger partial charge in [-0.25, -0.2) is 4.79 Å². The average Bonchev–Trinajstić information content (AvgIpc) is 2.42. The van der Waals surface area contributed by atoms with E-state index in [1.54, 1.807) is 30.3 Å². The first-order valence-electron chi connectivity index (χ1n) is 6.32. The SMILES string of the molecule is CCOc1cc(C)ccc1OC(=O)c1ccccc1Cl. The van der Waals surface area contributed by atoms with Crippen molar-refractivity contribution in [1.29, 1.82) is 0 Å². The second-order valence-electron chi connectivity index (χ2n) is 4.25. The van der Waals surface area contributed by atoms with Crippen LogP contribution in [0, 0.1) is 6.92 Å². The molecule has 2 aromatic rings. The van der Waals surface area contributed by atoms with Crippen LogP contribution in [0.2, 0.25) is 5.02 Å². The summed E-state index contributed by atoms with van der Waals surface area (Å²) in [5.41, 5.74) is 1.36. The summed E-state index contributed by atoms with van der Waals surface area (Å²) in [6.07, 6.45) is 0. The van der Waals surface area contributed by atoms with Gasteiger partial charge in [-0.15, -0.1) is 0 Å². The molecule has 20 heavy (non-hydrogen) atoms. The van der Waals surface area contributed by atoms with E-state index in [2.05, 4.69) is 0 Å². The zero-order chi connectivity index (χ0) is 14.5. The summed E-state index contributed by atoms with van der Waals surface area (Å²) >= 11 is 5.98. The van der Waals surface area contributed by atoms with Crippen molar-refractivity contribution < 1.29 is 14.3 Å². The summed E-state index contributed by atoms with van der Waals surface area (Å²) in [6, 6.07) is 12.2. The Balaban J connectivity index is 2.26. The van der Waals surface area contributed by atoms with Crippen LogP contribution in [0.5, 0.6) is 11.5 Å². The second kappa shape index (κ2) is 6.44. The lowest BCUT2D eigenvalue weighted by Crippen LogP contribution is -2.10. The van der Waals surface area contributed by atoms with Crippen LogP contribution in [-0.2, 0) is 0 Å². The quantitative estimate of drug-likeness (QED) is 0.623. The van der Waals surface area contributed by atoms with Gasteiger partial charge in [-0.3, -0.25) is 0 Å². The van der Waals surface area contributed by atoms with Gasteiger partial charge in [0.1, 0.15) is 0 Å². The van der Waals surface area contributed by atoms with Crippen LogP contribution in [0.25, 0.3) is 0 Å². The summed E-state index contributed by atoms with van der Waals surface area (Å²) in [6.45, 7) is 4.32. The molecule has 3 nitrogen and oxygen atoms in total. The van der Waals surface area contributed by atoms with Crippen molar-refractivity contribution in [1.82, 2.24) is 0 Å². The van der Waals surface area contributed by atoms with Crippen molar-refractivity contribution in [2.24, 2.45) is 0 Å². The Morgan fingerprint density at radius 3 is 2.60 bits per heavy atom. The van der Waals surface area contributed by atoms with Crippen LogP contribution in [-0.4, -0.2) is 12.6 Å². The number of rotatable bonds is 4. The van der Waals surface area contributed by atoms with Gasteiger partial charge in [0.05, 0.1) is 17.2 Å². The van der Waals surface area contributed by atoms with Crippen LogP contribution in [0.3, 0.4) is 0 Å². The molecule has 4 heteroatoms. The second-order valence-corrected chi connectivity index (χ2v) is 4.66. The summed E-state index contributed by atoms with van der Waals surface area (Å²) in [5.74, 6) is 0.440. The minimum Gasteiger partial charge on any atom is -0.490 e. The maximum absolute atomic E-state index is 12.1. The van der Waals surface area contributed by atoms with Crippen LogP contribution >= 0.6 is 11.6 Å². The Morgan fingerprint density at radius 2 is 1.90 bits per heavy atom. The van der Waals surface area contributed by atoms with Gasteiger partial charge in [-0.2, -0.15) is 0 Å². The van der Waals surface area contributed by atoms with Gasteiger partial charge < -0.3 is 9.47 Å². The summed E-state index contributed by atoms with van der Waals surface area (Å²) in [4.78, 5) is 12.1. The average molecular weight is 291 g/mol. The Morgan fingerprint density at radius 1 is 1.15 bits per heavy atom. The van der Waals surface area contributed by atoms with E-state index in [4.69, 9.17) is 21.1 Å². The fourth-order valence-corrected chi connectivity index (χ4v) is 1.96. The Kier molecular flexibility index (Phi) is 4.64. The van der Waals surface area contributed by atoms with Crippen LogP contribution in [0.15, 0.2) is 42.5 Å². The lowest BCUT2D eigenvalue weighted by Gasteiger charge is -2.11. The van der Waals surface area contributed by atoms with Crippen molar-refractivity contribution in [3.8, 4) is 11.5 Å². The molecule has 0 aromatic heterocycles. The van der Waals surface area contributed by atoms with E-state index in [1.807, 2.05) is 26.0 Å². The van der Waals surface area contributed by atoms with E-state index in [1.165, 1.54) is 0 Å².